The molecule has 4 aromatic heterocycles. The number of aryl methyl sites for hydroxylation is 1. The van der Waals surface area contributed by atoms with Crippen LogP contribution in [0, 0.1) is 5.82 Å². The molecule has 0 unspecified atom stereocenters. The number of imidazole rings is 2. The zero-order valence-electron chi connectivity index (χ0n) is 23.1. The van der Waals surface area contributed by atoms with Crippen molar-refractivity contribution in [1.82, 2.24) is 39.8 Å². The second-order valence-corrected chi connectivity index (χ2v) is 10.8. The number of pyridine rings is 1. The smallest absolute Gasteiger partial charge is 0.315 e. The number of anilines is 3. The first-order valence-corrected chi connectivity index (χ1v) is 14.3. The Morgan fingerprint density at radius 2 is 1.74 bits per heavy atom. The summed E-state index contributed by atoms with van der Waals surface area (Å²) in [4.78, 5) is 37.6. The molecule has 14 heteroatoms. The van der Waals surface area contributed by atoms with E-state index in [1.54, 1.807) is 12.5 Å². The van der Waals surface area contributed by atoms with Gasteiger partial charge >= 0.3 is 6.03 Å². The summed E-state index contributed by atoms with van der Waals surface area (Å²) < 4.78 is 17.6. The van der Waals surface area contributed by atoms with Gasteiger partial charge in [-0.1, -0.05) is 0 Å². The van der Waals surface area contributed by atoms with E-state index in [-0.39, 0.29) is 29.5 Å². The van der Waals surface area contributed by atoms with Crippen molar-refractivity contribution in [1.29, 1.82) is 0 Å². The lowest BCUT2D eigenvalue weighted by Gasteiger charge is -2.30. The van der Waals surface area contributed by atoms with Crippen LogP contribution in [0.2, 0.25) is 0 Å². The van der Waals surface area contributed by atoms with Crippen molar-refractivity contribution in [2.45, 2.75) is 69.6 Å². The molecule has 2 aliphatic carbocycles. The number of hydrogen-bond donors (Lipinski definition) is 5. The maximum atomic E-state index is 14.1. The number of aromatic nitrogens is 6. The van der Waals surface area contributed by atoms with Gasteiger partial charge in [-0.2, -0.15) is 0 Å². The molecule has 220 valence electrons. The molecule has 0 aromatic carbocycles. The lowest BCUT2D eigenvalue weighted by atomic mass is 9.91. The van der Waals surface area contributed by atoms with Gasteiger partial charge in [0.05, 0.1) is 30.1 Å². The lowest BCUT2D eigenvalue weighted by molar-refractivity contribution is 0.102. The van der Waals surface area contributed by atoms with E-state index in [1.807, 2.05) is 16.8 Å². The third-order valence-corrected chi connectivity index (χ3v) is 7.51. The number of nitrogens with one attached hydrogen (secondary N) is 5. The van der Waals surface area contributed by atoms with Crippen LogP contribution in [-0.4, -0.2) is 65.7 Å². The first kappa shape index (κ1) is 27.4. The minimum Gasteiger partial charge on any atom is -0.379 e. The molecule has 4 aromatic rings. The van der Waals surface area contributed by atoms with Crippen molar-refractivity contribution >= 4 is 34.8 Å². The first-order chi connectivity index (χ1) is 20.5. The second-order valence-electron chi connectivity index (χ2n) is 10.8. The predicted octanol–water partition coefficient (Wildman–Crippen LogP) is 3.40. The molecule has 0 spiro atoms. The highest BCUT2D eigenvalue weighted by atomic mass is 19.1. The van der Waals surface area contributed by atoms with Crippen molar-refractivity contribution < 1.29 is 14.0 Å². The topological polar surface area (TPSA) is 155 Å². The van der Waals surface area contributed by atoms with E-state index in [0.29, 0.717) is 24.1 Å². The first-order valence-electron chi connectivity index (χ1n) is 14.3. The third kappa shape index (κ3) is 6.75. The molecule has 42 heavy (non-hydrogen) atoms. The molecule has 0 bridgehead atoms. The molecule has 0 radical (unpaired) electrons. The van der Waals surface area contributed by atoms with E-state index in [0.717, 1.165) is 63.4 Å². The Morgan fingerprint density at radius 1 is 0.952 bits per heavy atom. The molecule has 13 nitrogen and oxygen atoms in total. The van der Waals surface area contributed by atoms with Crippen molar-refractivity contribution in [3.8, 4) is 0 Å². The van der Waals surface area contributed by atoms with Gasteiger partial charge < -0.3 is 31.2 Å². The number of carbonyl (C=O) groups excluding carboxylic acids is 2. The molecule has 5 N–H and O–H groups in total. The SMILES string of the molecule is O=C(NCCCn1ccnc1)N[C@H]1CC[C@H](Nc2cc(NC3CC3)c3ncc(C(=O)Nc4ccncc4F)n3n2)CC1. The zero-order valence-corrected chi connectivity index (χ0v) is 23.1. The summed E-state index contributed by atoms with van der Waals surface area (Å²) in [5.41, 5.74) is 1.53. The molecule has 0 saturated heterocycles. The highest BCUT2D eigenvalue weighted by Crippen LogP contribution is 2.30. The summed E-state index contributed by atoms with van der Waals surface area (Å²) >= 11 is 0. The Labute approximate surface area is 241 Å². The fourth-order valence-electron chi connectivity index (χ4n) is 5.12. The third-order valence-electron chi connectivity index (χ3n) is 7.51. The van der Waals surface area contributed by atoms with Crippen molar-refractivity contribution in [3.05, 3.63) is 61.0 Å². The van der Waals surface area contributed by atoms with Gasteiger partial charge in [-0.25, -0.2) is 23.7 Å². The zero-order chi connectivity index (χ0) is 28.9. The van der Waals surface area contributed by atoms with Crippen molar-refractivity contribution in [2.75, 3.05) is 22.5 Å². The quantitative estimate of drug-likeness (QED) is 0.171. The van der Waals surface area contributed by atoms with Gasteiger partial charge in [0.15, 0.2) is 17.2 Å². The Morgan fingerprint density at radius 3 is 2.50 bits per heavy atom. The number of nitrogens with zero attached hydrogens (tertiary/aromatic N) is 6. The van der Waals surface area contributed by atoms with E-state index in [2.05, 4.69) is 46.6 Å². The van der Waals surface area contributed by atoms with Gasteiger partial charge in [-0.05, 0) is 51.0 Å². The minimum atomic E-state index is -0.626. The summed E-state index contributed by atoms with van der Waals surface area (Å²) in [6, 6.07) is 3.81. The normalized spacial score (nSPS) is 18.4. The van der Waals surface area contributed by atoms with E-state index in [4.69, 9.17) is 0 Å². The van der Waals surface area contributed by atoms with Crippen LogP contribution in [0.15, 0.2) is 49.4 Å². The summed E-state index contributed by atoms with van der Waals surface area (Å²) in [5.74, 6) is -0.541. The molecular weight excluding hydrogens is 541 g/mol. The molecule has 4 heterocycles. The van der Waals surface area contributed by atoms with Crippen molar-refractivity contribution in [2.24, 2.45) is 0 Å². The van der Waals surface area contributed by atoms with Crippen LogP contribution in [0.4, 0.5) is 26.4 Å². The van der Waals surface area contributed by atoms with Gasteiger partial charge in [-0.3, -0.25) is 9.78 Å². The van der Waals surface area contributed by atoms with E-state index in [9.17, 15) is 14.0 Å². The highest BCUT2D eigenvalue weighted by Gasteiger charge is 2.26. The predicted molar refractivity (Wildman–Crippen MR) is 155 cm³/mol. The van der Waals surface area contributed by atoms with Crippen molar-refractivity contribution in [3.63, 3.8) is 0 Å². The fraction of sp³-hybridized carbons (Fsp3) is 0.429. The van der Waals surface area contributed by atoms with Gasteiger partial charge in [0, 0.05) is 55.9 Å². The number of fused-ring (bicyclic) bond motifs is 1. The lowest BCUT2D eigenvalue weighted by Crippen LogP contribution is -2.45. The summed E-state index contributed by atoms with van der Waals surface area (Å²) in [7, 11) is 0. The Kier molecular flexibility index (Phi) is 8.10. The van der Waals surface area contributed by atoms with Crippen LogP contribution >= 0.6 is 0 Å². The second kappa shape index (κ2) is 12.4. The summed E-state index contributed by atoms with van der Waals surface area (Å²) in [6.07, 6.45) is 15.7. The van der Waals surface area contributed by atoms with Crippen LogP contribution in [0.1, 0.15) is 55.4 Å². The van der Waals surface area contributed by atoms with Crippen LogP contribution < -0.4 is 26.6 Å². The van der Waals surface area contributed by atoms with Gasteiger partial charge in [0.25, 0.3) is 5.91 Å². The van der Waals surface area contributed by atoms with Crippen LogP contribution in [-0.2, 0) is 6.54 Å². The highest BCUT2D eigenvalue weighted by molar-refractivity contribution is 6.03. The van der Waals surface area contributed by atoms with Crippen LogP contribution in [0.25, 0.3) is 5.65 Å². The average Bonchev–Trinajstić information content (AvgIpc) is 3.45. The molecule has 2 aliphatic rings. The van der Waals surface area contributed by atoms with Gasteiger partial charge in [0.2, 0.25) is 0 Å². The molecule has 3 amide bonds. The fourth-order valence-corrected chi connectivity index (χ4v) is 5.12. The largest absolute Gasteiger partial charge is 0.379 e. The Bertz CT molecular complexity index is 1530. The molecular formula is C28H34FN11O2. The standard InChI is InChI=1S/C28H34FN11O2/c29-21-15-30-10-8-22(21)37-27(41)24-16-33-26-23(34-18-2-3-18)14-25(38-40(24)26)35-19-4-6-20(7-5-19)36-28(42)32-9-1-12-39-13-11-31-17-39/h8,10-11,13-20,34H,1-7,9,12H2,(H,35,38)(H,30,37,41)(H2,32,36,42)/t19-,20-. The average molecular weight is 576 g/mol. The molecule has 2 saturated carbocycles. The number of hydrogen-bond acceptors (Lipinski definition) is 8. The van der Waals surface area contributed by atoms with Gasteiger partial charge in [-0.15, -0.1) is 5.10 Å². The molecule has 2 fully saturated rings. The minimum absolute atomic E-state index is 0.0316. The maximum absolute atomic E-state index is 14.1. The van der Waals surface area contributed by atoms with Gasteiger partial charge in [0.1, 0.15) is 5.82 Å². The van der Waals surface area contributed by atoms with E-state index in [1.165, 1.54) is 23.0 Å². The number of urea groups is 1. The maximum Gasteiger partial charge on any atom is 0.315 e. The number of halogens is 1. The number of rotatable bonds is 11. The van der Waals surface area contributed by atoms with E-state index >= 15 is 0 Å². The monoisotopic (exact) mass is 575 g/mol. The Hall–Kier alpha value is -4.75. The Balaban J connectivity index is 1.06. The molecule has 6 rings (SSSR count). The number of carbonyl (C=O) groups is 2. The summed E-state index contributed by atoms with van der Waals surface area (Å²) in [5, 5.41) is 20.3. The van der Waals surface area contributed by atoms with Crippen LogP contribution in [0.3, 0.4) is 0 Å². The van der Waals surface area contributed by atoms with Crippen LogP contribution in [0.5, 0.6) is 0 Å². The van der Waals surface area contributed by atoms with E-state index < -0.39 is 11.7 Å². The molecule has 0 aliphatic heterocycles. The number of amides is 3. The summed E-state index contributed by atoms with van der Waals surface area (Å²) in [6.45, 7) is 1.40. The molecule has 0 atom stereocenters.